The zero-order valence-electron chi connectivity index (χ0n) is 12.6. The van der Waals surface area contributed by atoms with E-state index in [1.807, 2.05) is 20.8 Å². The number of halogens is 3. The molecule has 1 N–H and O–H groups in total. The third-order valence-corrected chi connectivity index (χ3v) is 2.88. The zero-order valence-corrected chi connectivity index (χ0v) is 12.6. The highest BCUT2D eigenvalue weighted by Gasteiger charge is 2.28. The fourth-order valence-corrected chi connectivity index (χ4v) is 1.86. The van der Waals surface area contributed by atoms with Crippen molar-refractivity contribution in [2.75, 3.05) is 19.0 Å². The summed E-state index contributed by atoms with van der Waals surface area (Å²) in [7, 11) is 1.65. The molecular weight excluding hydrogens is 285 g/mol. The van der Waals surface area contributed by atoms with Crippen LogP contribution in [0.2, 0.25) is 0 Å². The first-order valence-electron chi connectivity index (χ1n) is 6.58. The highest BCUT2D eigenvalue weighted by atomic mass is 19.4. The normalized spacial score (nSPS) is 13.9. The van der Waals surface area contributed by atoms with Gasteiger partial charge in [-0.05, 0) is 33.3 Å². The van der Waals surface area contributed by atoms with Crippen molar-refractivity contribution < 1.29 is 22.6 Å². The van der Waals surface area contributed by atoms with Gasteiger partial charge in [-0.2, -0.15) is 13.2 Å². The molecule has 0 aliphatic rings. The maximum absolute atomic E-state index is 12.0. The number of anilines is 1. The van der Waals surface area contributed by atoms with Crippen molar-refractivity contribution >= 4 is 5.69 Å². The average Bonchev–Trinajstić information content (AvgIpc) is 2.36. The first-order valence-corrected chi connectivity index (χ1v) is 6.58. The van der Waals surface area contributed by atoms with Crippen LogP contribution in [0.3, 0.4) is 0 Å². The van der Waals surface area contributed by atoms with Crippen LogP contribution in [0.4, 0.5) is 18.9 Å². The second-order valence-electron chi connectivity index (χ2n) is 5.50. The Morgan fingerprint density at radius 1 is 1.29 bits per heavy atom. The van der Waals surface area contributed by atoms with Crippen LogP contribution in [-0.4, -0.2) is 36.5 Å². The van der Waals surface area contributed by atoms with E-state index >= 15 is 0 Å². The molecule has 120 valence electrons. The predicted octanol–water partition coefficient (Wildman–Crippen LogP) is 3.64. The van der Waals surface area contributed by atoms with Crippen LogP contribution in [0.1, 0.15) is 27.2 Å². The lowest BCUT2D eigenvalue weighted by atomic mass is 10.00. The van der Waals surface area contributed by atoms with Crippen molar-refractivity contribution in [3.8, 4) is 5.88 Å². The highest BCUT2D eigenvalue weighted by molar-refractivity contribution is 5.42. The largest absolute Gasteiger partial charge is 0.468 e. The lowest BCUT2D eigenvalue weighted by molar-refractivity contribution is -0.154. The molecule has 0 radical (unpaired) electrons. The Labute approximate surface area is 122 Å². The van der Waals surface area contributed by atoms with E-state index in [2.05, 4.69) is 15.0 Å². The van der Waals surface area contributed by atoms with Gasteiger partial charge < -0.3 is 14.8 Å². The van der Waals surface area contributed by atoms with Crippen LogP contribution < -0.4 is 10.1 Å². The maximum Gasteiger partial charge on any atom is 0.422 e. The predicted molar refractivity (Wildman–Crippen MR) is 74.6 cm³/mol. The standard InChI is InChI=1S/C14H21F3N2O2/c1-10(7-13(2,3)20-4)19-11-5-6-12(18-8-11)21-9-14(15,16)17/h5-6,8,10,19H,7,9H2,1-4H3. The average molecular weight is 306 g/mol. The molecule has 0 aliphatic heterocycles. The van der Waals surface area contributed by atoms with E-state index in [-0.39, 0.29) is 17.5 Å². The molecule has 0 aliphatic carbocycles. The van der Waals surface area contributed by atoms with Crippen molar-refractivity contribution in [2.24, 2.45) is 0 Å². The molecule has 1 aromatic rings. The zero-order chi connectivity index (χ0) is 16.1. The van der Waals surface area contributed by atoms with E-state index < -0.39 is 12.8 Å². The van der Waals surface area contributed by atoms with Gasteiger partial charge in [0.25, 0.3) is 0 Å². The van der Waals surface area contributed by atoms with Gasteiger partial charge in [-0.3, -0.25) is 0 Å². The molecule has 0 amide bonds. The molecule has 0 aromatic carbocycles. The quantitative estimate of drug-likeness (QED) is 0.835. The summed E-state index contributed by atoms with van der Waals surface area (Å²) in [6, 6.07) is 3.17. The Morgan fingerprint density at radius 2 is 1.95 bits per heavy atom. The van der Waals surface area contributed by atoms with Crippen LogP contribution in [0, 0.1) is 0 Å². The number of rotatable bonds is 7. The van der Waals surface area contributed by atoms with E-state index in [0.717, 1.165) is 6.42 Å². The number of nitrogens with one attached hydrogen (secondary N) is 1. The summed E-state index contributed by atoms with van der Waals surface area (Å²) in [4.78, 5) is 3.84. The summed E-state index contributed by atoms with van der Waals surface area (Å²) in [6.07, 6.45) is -2.14. The maximum atomic E-state index is 12.0. The molecule has 0 saturated carbocycles. The molecule has 4 nitrogen and oxygen atoms in total. The smallest absolute Gasteiger partial charge is 0.422 e. The Bertz CT molecular complexity index is 433. The number of nitrogens with zero attached hydrogens (tertiary/aromatic N) is 1. The van der Waals surface area contributed by atoms with Crippen molar-refractivity contribution in [3.63, 3.8) is 0 Å². The van der Waals surface area contributed by atoms with Gasteiger partial charge in [-0.25, -0.2) is 4.98 Å². The minimum atomic E-state index is -4.36. The number of hydrogen-bond acceptors (Lipinski definition) is 4. The summed E-state index contributed by atoms with van der Waals surface area (Å²) in [5.41, 5.74) is 0.462. The highest BCUT2D eigenvalue weighted by Crippen LogP contribution is 2.20. The number of aromatic nitrogens is 1. The number of pyridine rings is 1. The Hall–Kier alpha value is -1.50. The molecule has 1 atom stereocenters. The molecule has 0 saturated heterocycles. The van der Waals surface area contributed by atoms with E-state index in [0.29, 0.717) is 5.69 Å². The molecule has 7 heteroatoms. The molecule has 1 heterocycles. The monoisotopic (exact) mass is 306 g/mol. The van der Waals surface area contributed by atoms with Crippen LogP contribution in [-0.2, 0) is 4.74 Å². The summed E-state index contributed by atoms with van der Waals surface area (Å²) in [5.74, 6) is -0.0530. The number of ether oxygens (including phenoxy) is 2. The summed E-state index contributed by atoms with van der Waals surface area (Å²) >= 11 is 0. The van der Waals surface area contributed by atoms with Gasteiger partial charge >= 0.3 is 6.18 Å². The Kier molecular flexibility index (Phi) is 5.83. The minimum Gasteiger partial charge on any atom is -0.468 e. The molecule has 0 bridgehead atoms. The lowest BCUT2D eigenvalue weighted by Gasteiger charge is -2.27. The van der Waals surface area contributed by atoms with Gasteiger partial charge in [-0.1, -0.05) is 0 Å². The van der Waals surface area contributed by atoms with Gasteiger partial charge in [0.15, 0.2) is 6.61 Å². The van der Waals surface area contributed by atoms with E-state index in [4.69, 9.17) is 4.74 Å². The molecular formula is C14H21F3N2O2. The van der Waals surface area contributed by atoms with Gasteiger partial charge in [0, 0.05) is 19.2 Å². The second-order valence-corrected chi connectivity index (χ2v) is 5.50. The molecule has 21 heavy (non-hydrogen) atoms. The molecule has 0 spiro atoms. The van der Waals surface area contributed by atoms with Gasteiger partial charge in [0.2, 0.25) is 5.88 Å². The van der Waals surface area contributed by atoms with Crippen LogP contribution in [0.5, 0.6) is 5.88 Å². The van der Waals surface area contributed by atoms with Crippen LogP contribution >= 0.6 is 0 Å². The van der Waals surface area contributed by atoms with E-state index in [1.54, 1.807) is 13.2 Å². The second kappa shape index (κ2) is 6.98. The topological polar surface area (TPSA) is 43.4 Å². The van der Waals surface area contributed by atoms with Crippen LogP contribution in [0.25, 0.3) is 0 Å². The molecule has 1 aromatic heterocycles. The van der Waals surface area contributed by atoms with Crippen molar-refractivity contribution in [1.82, 2.24) is 4.98 Å². The number of alkyl halides is 3. The fourth-order valence-electron chi connectivity index (χ4n) is 1.86. The van der Waals surface area contributed by atoms with Crippen molar-refractivity contribution in [2.45, 2.75) is 45.0 Å². The summed E-state index contributed by atoms with van der Waals surface area (Å²) < 4.78 is 45.9. The molecule has 1 unspecified atom stereocenters. The first kappa shape index (κ1) is 17.6. The number of hydrogen-bond donors (Lipinski definition) is 1. The Morgan fingerprint density at radius 3 is 2.43 bits per heavy atom. The lowest BCUT2D eigenvalue weighted by Crippen LogP contribution is -2.31. The summed E-state index contributed by atoms with van der Waals surface area (Å²) in [5, 5.41) is 3.21. The number of methoxy groups -OCH3 is 1. The summed E-state index contributed by atoms with van der Waals surface area (Å²) in [6.45, 7) is 4.62. The van der Waals surface area contributed by atoms with E-state index in [1.165, 1.54) is 12.3 Å². The van der Waals surface area contributed by atoms with Gasteiger partial charge in [0.1, 0.15) is 0 Å². The third-order valence-electron chi connectivity index (χ3n) is 2.88. The SMILES string of the molecule is COC(C)(C)CC(C)Nc1ccc(OCC(F)(F)F)nc1. The van der Waals surface area contributed by atoms with Crippen molar-refractivity contribution in [1.29, 1.82) is 0 Å². The van der Waals surface area contributed by atoms with E-state index in [9.17, 15) is 13.2 Å². The Balaban J connectivity index is 2.51. The third kappa shape index (κ3) is 7.17. The minimum absolute atomic E-state index is 0.0530. The van der Waals surface area contributed by atoms with Gasteiger partial charge in [-0.15, -0.1) is 0 Å². The van der Waals surface area contributed by atoms with Crippen LogP contribution in [0.15, 0.2) is 18.3 Å². The van der Waals surface area contributed by atoms with Gasteiger partial charge in [0.05, 0.1) is 17.5 Å². The molecule has 1 rings (SSSR count). The molecule has 0 fully saturated rings. The fraction of sp³-hybridized carbons (Fsp3) is 0.643. The van der Waals surface area contributed by atoms with Crippen molar-refractivity contribution in [3.05, 3.63) is 18.3 Å². The first-order chi connectivity index (χ1) is 9.61.